The second-order valence-electron chi connectivity index (χ2n) is 7.56. The van der Waals surface area contributed by atoms with Gasteiger partial charge in [0.15, 0.2) is 0 Å². The lowest BCUT2D eigenvalue weighted by atomic mass is 9.90. The highest BCUT2D eigenvalue weighted by molar-refractivity contribution is 14.0. The summed E-state index contributed by atoms with van der Waals surface area (Å²) in [5.41, 5.74) is 0. The van der Waals surface area contributed by atoms with Gasteiger partial charge in [0.25, 0.3) is 0 Å². The van der Waals surface area contributed by atoms with Gasteiger partial charge in [0.1, 0.15) is 0 Å². The molecule has 4 nitrogen and oxygen atoms in total. The molecule has 1 atom stereocenters. The maximum Gasteiger partial charge on any atom is 0.0972 e. The highest BCUT2D eigenvalue weighted by atomic mass is 127. The van der Waals surface area contributed by atoms with Gasteiger partial charge in [-0.3, -0.25) is 0 Å². The molecule has 0 radical (unpaired) electrons. The zero-order valence-electron chi connectivity index (χ0n) is 18.8. The SMILES string of the molecule is CCN(C)CC.CCN(CC)N=S(=O)(c1ccccc1)C1(C)CCCCC1.I. The topological polar surface area (TPSA) is 35.9 Å². The second-order valence-corrected chi connectivity index (χ2v) is 10.2. The van der Waals surface area contributed by atoms with Crippen LogP contribution in [0.5, 0.6) is 0 Å². The number of benzene rings is 1. The molecular formula is C22H42IN3OS. The highest BCUT2D eigenvalue weighted by Gasteiger charge is 2.39. The Kier molecular flexibility index (Phi) is 13.8. The number of halogens is 1. The summed E-state index contributed by atoms with van der Waals surface area (Å²) >= 11 is 0. The molecule has 1 aromatic rings. The van der Waals surface area contributed by atoms with Crippen molar-refractivity contribution in [1.82, 2.24) is 9.91 Å². The molecule has 0 aromatic heterocycles. The fraction of sp³-hybridized carbons (Fsp3) is 0.727. The fourth-order valence-electron chi connectivity index (χ4n) is 3.34. The van der Waals surface area contributed by atoms with E-state index in [1.807, 2.05) is 35.3 Å². The van der Waals surface area contributed by atoms with Crippen molar-refractivity contribution >= 4 is 33.7 Å². The van der Waals surface area contributed by atoms with E-state index in [0.717, 1.165) is 56.8 Å². The van der Waals surface area contributed by atoms with Crippen molar-refractivity contribution < 1.29 is 4.21 Å². The molecule has 0 saturated heterocycles. The van der Waals surface area contributed by atoms with E-state index in [9.17, 15) is 4.21 Å². The van der Waals surface area contributed by atoms with Crippen LogP contribution >= 0.6 is 24.0 Å². The van der Waals surface area contributed by atoms with Gasteiger partial charge in [-0.05, 0) is 52.0 Å². The molecule has 6 heteroatoms. The Bertz CT molecular complexity index is 630. The summed E-state index contributed by atoms with van der Waals surface area (Å²) in [7, 11) is -0.330. The van der Waals surface area contributed by atoms with Crippen molar-refractivity contribution in [2.75, 3.05) is 33.2 Å². The molecule has 1 unspecified atom stereocenters. The van der Waals surface area contributed by atoms with Crippen LogP contribution in [-0.2, 0) is 9.73 Å². The van der Waals surface area contributed by atoms with Crippen LogP contribution in [0.4, 0.5) is 0 Å². The summed E-state index contributed by atoms with van der Waals surface area (Å²) in [6.07, 6.45) is 5.59. The van der Waals surface area contributed by atoms with Gasteiger partial charge in [0.05, 0.1) is 14.5 Å². The molecule has 1 saturated carbocycles. The minimum Gasteiger partial charge on any atom is -0.307 e. The fourth-order valence-corrected chi connectivity index (χ4v) is 6.12. The first-order chi connectivity index (χ1) is 12.9. The van der Waals surface area contributed by atoms with Gasteiger partial charge in [0, 0.05) is 18.0 Å². The van der Waals surface area contributed by atoms with Crippen LogP contribution < -0.4 is 0 Å². The van der Waals surface area contributed by atoms with E-state index in [2.05, 4.69) is 46.6 Å². The van der Waals surface area contributed by atoms with Crippen molar-refractivity contribution in [1.29, 1.82) is 0 Å². The van der Waals surface area contributed by atoms with Gasteiger partial charge in [0.2, 0.25) is 0 Å². The van der Waals surface area contributed by atoms with E-state index in [-0.39, 0.29) is 28.7 Å². The largest absolute Gasteiger partial charge is 0.307 e. The predicted molar refractivity (Wildman–Crippen MR) is 134 cm³/mol. The summed E-state index contributed by atoms with van der Waals surface area (Å²) in [5, 5.41) is 1.95. The molecule has 164 valence electrons. The Labute approximate surface area is 191 Å². The van der Waals surface area contributed by atoms with E-state index < -0.39 is 9.73 Å². The predicted octanol–water partition coefficient (Wildman–Crippen LogP) is 6.07. The minimum absolute atomic E-state index is 0. The molecule has 1 aliphatic rings. The van der Waals surface area contributed by atoms with Crippen LogP contribution in [-0.4, -0.2) is 52.1 Å². The lowest BCUT2D eigenvalue weighted by Gasteiger charge is -2.37. The van der Waals surface area contributed by atoms with E-state index in [1.165, 1.54) is 6.42 Å². The molecule has 0 amide bonds. The average Bonchev–Trinajstić information content (AvgIpc) is 2.72. The first kappa shape index (κ1) is 27.8. The van der Waals surface area contributed by atoms with Crippen LogP contribution in [0.15, 0.2) is 39.7 Å². The zero-order chi connectivity index (χ0) is 20.3. The van der Waals surface area contributed by atoms with Crippen molar-refractivity contribution in [3.63, 3.8) is 0 Å². The second kappa shape index (κ2) is 13.9. The zero-order valence-corrected chi connectivity index (χ0v) is 22.0. The third kappa shape index (κ3) is 7.58. The van der Waals surface area contributed by atoms with E-state index >= 15 is 0 Å². The van der Waals surface area contributed by atoms with Crippen molar-refractivity contribution in [3.05, 3.63) is 30.3 Å². The van der Waals surface area contributed by atoms with Gasteiger partial charge >= 0.3 is 0 Å². The standard InChI is InChI=1S/C17H28N2OS.C5H13N.HI/c1-4-19(5-2)18-21(20,16-12-8-6-9-13-16)17(3)14-10-7-11-15-17;1-4-6(3)5-2;/h6,8-9,12-13H,4-5,7,10-11,14-15H2,1-3H3;4-5H2,1-3H3;1H. The monoisotopic (exact) mass is 523 g/mol. The summed E-state index contributed by atoms with van der Waals surface area (Å²) in [5.74, 6) is 0. The molecule has 1 aliphatic carbocycles. The summed E-state index contributed by atoms with van der Waals surface area (Å²) in [4.78, 5) is 3.14. The lowest BCUT2D eigenvalue weighted by molar-refractivity contribution is 0.320. The first-order valence-corrected chi connectivity index (χ1v) is 12.1. The van der Waals surface area contributed by atoms with Crippen LogP contribution in [0, 0.1) is 0 Å². The van der Waals surface area contributed by atoms with Gasteiger partial charge in [-0.25, -0.2) is 4.21 Å². The highest BCUT2D eigenvalue weighted by Crippen LogP contribution is 2.40. The van der Waals surface area contributed by atoms with Crippen LogP contribution in [0.1, 0.15) is 66.7 Å². The molecule has 2 rings (SSSR count). The molecule has 1 aromatic carbocycles. The van der Waals surface area contributed by atoms with Gasteiger partial charge in [-0.1, -0.05) is 65.2 Å². The smallest absolute Gasteiger partial charge is 0.0972 e. The normalized spacial score (nSPS) is 17.9. The first-order valence-electron chi connectivity index (χ1n) is 10.6. The molecular weight excluding hydrogens is 481 g/mol. The lowest BCUT2D eigenvalue weighted by Crippen LogP contribution is -2.39. The molecule has 0 N–H and O–H groups in total. The van der Waals surface area contributed by atoms with Crippen molar-refractivity contribution in [2.45, 2.75) is 76.4 Å². The maximum atomic E-state index is 14.0. The van der Waals surface area contributed by atoms with E-state index in [4.69, 9.17) is 4.47 Å². The van der Waals surface area contributed by atoms with Crippen LogP contribution in [0.25, 0.3) is 0 Å². The third-order valence-corrected chi connectivity index (χ3v) is 8.80. The van der Waals surface area contributed by atoms with Gasteiger partial charge in [-0.2, -0.15) is 5.01 Å². The molecule has 0 heterocycles. The molecule has 0 spiro atoms. The average molecular weight is 524 g/mol. The number of rotatable bonds is 7. The van der Waals surface area contributed by atoms with E-state index in [0.29, 0.717) is 0 Å². The molecule has 0 bridgehead atoms. The van der Waals surface area contributed by atoms with Crippen LogP contribution in [0.3, 0.4) is 0 Å². The molecule has 1 fully saturated rings. The maximum absolute atomic E-state index is 14.0. The summed E-state index contributed by atoms with van der Waals surface area (Å²) < 4.78 is 18.5. The Morgan fingerprint density at radius 1 is 0.929 bits per heavy atom. The number of hydrogen-bond donors (Lipinski definition) is 0. The third-order valence-electron chi connectivity index (χ3n) is 5.68. The van der Waals surface area contributed by atoms with E-state index in [1.54, 1.807) is 0 Å². The van der Waals surface area contributed by atoms with Gasteiger partial charge < -0.3 is 4.90 Å². The summed E-state index contributed by atoms with van der Waals surface area (Å²) in [6.45, 7) is 14.6. The molecule has 0 aliphatic heterocycles. The quantitative estimate of drug-likeness (QED) is 0.322. The van der Waals surface area contributed by atoms with Crippen molar-refractivity contribution in [3.8, 4) is 0 Å². The number of nitrogens with zero attached hydrogens (tertiary/aromatic N) is 3. The Hall–Kier alpha value is -0.180. The number of hydrogen-bond acceptors (Lipinski definition) is 3. The Morgan fingerprint density at radius 2 is 1.43 bits per heavy atom. The summed E-state index contributed by atoms with van der Waals surface area (Å²) in [6, 6.07) is 9.88. The minimum atomic E-state index is -2.44. The van der Waals surface area contributed by atoms with Crippen LogP contribution in [0.2, 0.25) is 0 Å². The Balaban J connectivity index is 0.000000910. The van der Waals surface area contributed by atoms with Gasteiger partial charge in [-0.15, -0.1) is 28.4 Å². The Morgan fingerprint density at radius 3 is 1.82 bits per heavy atom. The molecule has 28 heavy (non-hydrogen) atoms. The van der Waals surface area contributed by atoms with Crippen molar-refractivity contribution in [2.24, 2.45) is 4.47 Å².